The molecule has 0 atom stereocenters. The normalized spacial score (nSPS) is 17.7. The number of fused-ring (bicyclic) bond motifs is 2. The van der Waals surface area contributed by atoms with Crippen molar-refractivity contribution < 1.29 is 28.5 Å². The van der Waals surface area contributed by atoms with Crippen molar-refractivity contribution in [3.63, 3.8) is 0 Å². The van der Waals surface area contributed by atoms with E-state index in [4.69, 9.17) is 18.6 Å². The first-order valence-electron chi connectivity index (χ1n) is 14.4. The van der Waals surface area contributed by atoms with Crippen molar-refractivity contribution in [3.8, 4) is 17.4 Å². The second kappa shape index (κ2) is 12.4. The van der Waals surface area contributed by atoms with Gasteiger partial charge in [-0.15, -0.1) is 0 Å². The quantitative estimate of drug-likeness (QED) is 0.273. The van der Waals surface area contributed by atoms with Crippen molar-refractivity contribution in [1.82, 2.24) is 20.1 Å². The van der Waals surface area contributed by atoms with Crippen molar-refractivity contribution in [3.05, 3.63) is 54.3 Å². The van der Waals surface area contributed by atoms with Crippen molar-refractivity contribution in [2.45, 2.75) is 44.4 Å². The summed E-state index contributed by atoms with van der Waals surface area (Å²) < 4.78 is 22.8. The molecule has 218 valence electrons. The summed E-state index contributed by atoms with van der Waals surface area (Å²) in [5.74, 6) is 1.81. The summed E-state index contributed by atoms with van der Waals surface area (Å²) in [5, 5.41) is 14.5. The van der Waals surface area contributed by atoms with E-state index in [9.17, 15) is 9.90 Å². The molecule has 3 N–H and O–H groups in total. The lowest BCUT2D eigenvalue weighted by Crippen LogP contribution is -2.47. The highest BCUT2D eigenvalue weighted by molar-refractivity contribution is 5.88. The number of carbonyl (C=O) groups excluding carboxylic acids is 1. The van der Waals surface area contributed by atoms with E-state index in [1.54, 1.807) is 19.4 Å². The molecular formula is C31H38N4O6. The number of H-pyrrole nitrogens is 1. The van der Waals surface area contributed by atoms with Crippen LogP contribution in [0.15, 0.2) is 53.1 Å². The lowest BCUT2D eigenvalue weighted by atomic mass is 10.1. The van der Waals surface area contributed by atoms with Crippen molar-refractivity contribution in [2.24, 2.45) is 0 Å². The first kappa shape index (κ1) is 27.4. The number of piperidine rings is 2. The number of amides is 1. The van der Waals surface area contributed by atoms with Crippen LogP contribution in [0.2, 0.25) is 0 Å². The summed E-state index contributed by atoms with van der Waals surface area (Å²) in [5.41, 5.74) is 2.51. The number of benzene rings is 2. The first-order chi connectivity index (χ1) is 20.0. The number of aromatic nitrogens is 1. The van der Waals surface area contributed by atoms with Gasteiger partial charge in [-0.2, -0.15) is 0 Å². The standard InChI is InChI=1S/C31H38N4O6/c1-38-24-5-6-29-25(17-24)21(20-40-29)19-39-28-4-2-3-27-26(28)18-30(33-27)41-31(37)32-22-7-11-34(12-8-22)15-16-35-13-9-23(36)10-14-35/h2-6,17-18,20,22-23,33,36H,7-16,19H2,1H3,(H,32,37). The molecule has 10 nitrogen and oxygen atoms in total. The topological polar surface area (TPSA) is 112 Å². The van der Waals surface area contributed by atoms with Crippen LogP contribution in [-0.2, 0) is 6.61 Å². The largest absolute Gasteiger partial charge is 0.497 e. The number of rotatable bonds is 9. The van der Waals surface area contributed by atoms with Crippen molar-refractivity contribution in [1.29, 1.82) is 0 Å². The zero-order valence-corrected chi connectivity index (χ0v) is 23.4. The van der Waals surface area contributed by atoms with E-state index in [0.29, 0.717) is 18.2 Å². The Kier molecular flexibility index (Phi) is 8.31. The molecule has 2 saturated heterocycles. The molecule has 4 heterocycles. The van der Waals surface area contributed by atoms with Gasteiger partial charge in [-0.05, 0) is 56.0 Å². The number of carbonyl (C=O) groups is 1. The minimum Gasteiger partial charge on any atom is -0.497 e. The summed E-state index contributed by atoms with van der Waals surface area (Å²) >= 11 is 0. The second-order valence-corrected chi connectivity index (χ2v) is 11.0. The lowest BCUT2D eigenvalue weighted by Gasteiger charge is -2.35. The molecule has 6 rings (SSSR count). The molecule has 1 amide bonds. The van der Waals surface area contributed by atoms with E-state index in [2.05, 4.69) is 20.1 Å². The Labute approximate surface area is 239 Å². The molecule has 0 spiro atoms. The van der Waals surface area contributed by atoms with Crippen LogP contribution in [0.1, 0.15) is 31.2 Å². The predicted octanol–water partition coefficient (Wildman–Crippen LogP) is 4.51. The van der Waals surface area contributed by atoms with Crippen molar-refractivity contribution in [2.75, 3.05) is 46.4 Å². The van der Waals surface area contributed by atoms with Gasteiger partial charge in [0, 0.05) is 67.7 Å². The monoisotopic (exact) mass is 562 g/mol. The van der Waals surface area contributed by atoms with Crippen LogP contribution in [0.4, 0.5) is 4.79 Å². The molecule has 41 heavy (non-hydrogen) atoms. The zero-order valence-electron chi connectivity index (χ0n) is 23.4. The van der Waals surface area contributed by atoms with E-state index in [1.165, 1.54) is 0 Å². The number of furan rings is 1. The number of methoxy groups -OCH3 is 1. The molecule has 2 aliphatic heterocycles. The van der Waals surface area contributed by atoms with Crippen LogP contribution in [0.3, 0.4) is 0 Å². The molecule has 2 aromatic heterocycles. The number of hydrogen-bond donors (Lipinski definition) is 3. The van der Waals surface area contributed by atoms with E-state index in [1.807, 2.05) is 36.4 Å². The first-order valence-corrected chi connectivity index (χ1v) is 14.4. The van der Waals surface area contributed by atoms with E-state index in [0.717, 1.165) is 98.1 Å². The maximum Gasteiger partial charge on any atom is 0.414 e. The number of nitrogens with zero attached hydrogens (tertiary/aromatic N) is 2. The molecule has 0 saturated carbocycles. The Morgan fingerprint density at radius 2 is 1.78 bits per heavy atom. The molecule has 0 bridgehead atoms. The number of nitrogens with one attached hydrogen (secondary N) is 2. The Bertz CT molecular complexity index is 1470. The highest BCUT2D eigenvalue weighted by Crippen LogP contribution is 2.32. The highest BCUT2D eigenvalue weighted by atomic mass is 16.6. The Balaban J connectivity index is 0.995. The summed E-state index contributed by atoms with van der Waals surface area (Å²) in [6.45, 7) is 6.23. The van der Waals surface area contributed by atoms with Crippen LogP contribution in [-0.4, -0.2) is 84.5 Å². The van der Waals surface area contributed by atoms with Gasteiger partial charge in [0.25, 0.3) is 0 Å². The van der Waals surface area contributed by atoms with Gasteiger partial charge in [-0.1, -0.05) is 6.07 Å². The van der Waals surface area contributed by atoms with Gasteiger partial charge in [0.1, 0.15) is 23.7 Å². The molecule has 2 aliphatic rings. The van der Waals surface area contributed by atoms with Crippen LogP contribution in [0, 0.1) is 0 Å². The average Bonchev–Trinajstić information content (AvgIpc) is 3.59. The number of aliphatic hydroxyl groups is 1. The van der Waals surface area contributed by atoms with Gasteiger partial charge in [0.15, 0.2) is 0 Å². The fourth-order valence-corrected chi connectivity index (χ4v) is 5.76. The zero-order chi connectivity index (χ0) is 28.2. The van der Waals surface area contributed by atoms with Gasteiger partial charge < -0.3 is 43.8 Å². The lowest BCUT2D eigenvalue weighted by molar-refractivity contribution is 0.0739. The van der Waals surface area contributed by atoms with Crippen molar-refractivity contribution >= 4 is 28.0 Å². The molecule has 2 fully saturated rings. The summed E-state index contributed by atoms with van der Waals surface area (Å²) in [6.07, 6.45) is 4.65. The third-order valence-corrected chi connectivity index (χ3v) is 8.25. The fourth-order valence-electron chi connectivity index (χ4n) is 5.76. The third-order valence-electron chi connectivity index (χ3n) is 8.25. The Morgan fingerprint density at radius 1 is 1.02 bits per heavy atom. The maximum atomic E-state index is 12.7. The molecule has 2 aromatic carbocycles. The maximum absolute atomic E-state index is 12.7. The molecular weight excluding hydrogens is 524 g/mol. The predicted molar refractivity (Wildman–Crippen MR) is 156 cm³/mol. The number of likely N-dealkylation sites (tertiary alicyclic amines) is 2. The van der Waals surface area contributed by atoms with Crippen LogP contribution in [0.5, 0.6) is 17.4 Å². The fraction of sp³-hybridized carbons (Fsp3) is 0.452. The molecule has 0 radical (unpaired) electrons. The number of hydrogen-bond acceptors (Lipinski definition) is 8. The smallest absolute Gasteiger partial charge is 0.414 e. The Morgan fingerprint density at radius 3 is 2.54 bits per heavy atom. The van der Waals surface area contributed by atoms with Gasteiger partial charge in [0.2, 0.25) is 5.88 Å². The van der Waals surface area contributed by atoms with Crippen LogP contribution >= 0.6 is 0 Å². The van der Waals surface area contributed by atoms with Gasteiger partial charge in [-0.25, -0.2) is 4.79 Å². The average molecular weight is 563 g/mol. The summed E-state index contributed by atoms with van der Waals surface area (Å²) in [7, 11) is 1.64. The number of ether oxygens (including phenoxy) is 3. The SMILES string of the molecule is COc1ccc2occ(COc3cccc4[nH]c(OC(=O)NC5CCN(CCN6CCC(O)CC6)CC5)cc34)c2c1. The van der Waals surface area contributed by atoms with Gasteiger partial charge in [0.05, 0.1) is 25.0 Å². The summed E-state index contributed by atoms with van der Waals surface area (Å²) in [4.78, 5) is 20.8. The van der Waals surface area contributed by atoms with E-state index < -0.39 is 6.09 Å². The molecule has 4 aromatic rings. The highest BCUT2D eigenvalue weighted by Gasteiger charge is 2.23. The van der Waals surface area contributed by atoms with Gasteiger partial charge >= 0.3 is 6.09 Å². The minimum absolute atomic E-state index is 0.0931. The second-order valence-electron chi connectivity index (χ2n) is 11.0. The molecule has 10 heteroatoms. The summed E-state index contributed by atoms with van der Waals surface area (Å²) in [6, 6.07) is 13.3. The van der Waals surface area contributed by atoms with Crippen LogP contribution in [0.25, 0.3) is 21.9 Å². The third kappa shape index (κ3) is 6.61. The van der Waals surface area contributed by atoms with E-state index in [-0.39, 0.29) is 12.1 Å². The van der Waals surface area contributed by atoms with Crippen LogP contribution < -0.4 is 19.5 Å². The Hall–Kier alpha value is -3.73. The molecule has 0 aliphatic carbocycles. The molecule has 0 unspecified atom stereocenters. The number of aliphatic hydroxyl groups excluding tert-OH is 1. The van der Waals surface area contributed by atoms with Gasteiger partial charge in [-0.3, -0.25) is 0 Å². The van der Waals surface area contributed by atoms with E-state index >= 15 is 0 Å². The number of aromatic amines is 1. The minimum atomic E-state index is -0.455.